The normalized spacial score (nSPS) is 16.8. The maximum Gasteiger partial charge on any atom is 0.164 e. The van der Waals surface area contributed by atoms with E-state index in [1.807, 2.05) is 0 Å². The Labute approximate surface area is 140 Å². The molecule has 0 amide bonds. The van der Waals surface area contributed by atoms with E-state index in [0.29, 0.717) is 6.42 Å². The van der Waals surface area contributed by atoms with E-state index < -0.39 is 30.2 Å². The molecule has 0 radical (unpaired) electrons. The minimum absolute atomic E-state index is 0.196. The van der Waals surface area contributed by atoms with Crippen LogP contribution in [0.15, 0.2) is 0 Å². The molecular formula is C18H36O5. The molecule has 4 N–H and O–H groups in total. The Balaban J connectivity index is 3.63. The summed E-state index contributed by atoms with van der Waals surface area (Å²) in [6.45, 7) is 3.51. The summed E-state index contributed by atoms with van der Waals surface area (Å²) in [5.41, 5.74) is 0. The molecule has 0 aliphatic carbocycles. The van der Waals surface area contributed by atoms with Crippen LogP contribution in [0.2, 0.25) is 0 Å². The Kier molecular flexibility index (Phi) is 13.6. The molecule has 0 saturated heterocycles. The lowest BCUT2D eigenvalue weighted by atomic mass is 9.97. The van der Waals surface area contributed by atoms with Gasteiger partial charge in [-0.2, -0.15) is 0 Å². The quantitative estimate of drug-likeness (QED) is 0.345. The Morgan fingerprint density at radius 2 is 1.17 bits per heavy atom. The predicted octanol–water partition coefficient (Wildman–Crippen LogP) is 2.33. The Hall–Kier alpha value is -0.490. The highest BCUT2D eigenvalue weighted by Gasteiger charge is 2.32. The number of carbonyl (C=O) groups is 1. The number of Topliss-reactive ketones (excluding diaryl/α,β-unsaturated/α-hetero) is 1. The zero-order chi connectivity index (χ0) is 17.7. The Bertz CT molecular complexity index is 293. The molecule has 4 atom stereocenters. The minimum Gasteiger partial charge on any atom is -0.391 e. The summed E-state index contributed by atoms with van der Waals surface area (Å²) in [5, 5.41) is 37.9. The van der Waals surface area contributed by atoms with Gasteiger partial charge in [0.2, 0.25) is 0 Å². The highest BCUT2D eigenvalue weighted by Crippen LogP contribution is 2.13. The first kappa shape index (κ1) is 22.5. The van der Waals surface area contributed by atoms with Crippen LogP contribution >= 0.6 is 0 Å². The van der Waals surface area contributed by atoms with Crippen molar-refractivity contribution in [3.8, 4) is 0 Å². The second kappa shape index (κ2) is 13.9. The Morgan fingerprint density at radius 1 is 0.739 bits per heavy atom. The van der Waals surface area contributed by atoms with Crippen LogP contribution in [0.25, 0.3) is 0 Å². The first-order chi connectivity index (χ1) is 10.9. The SMILES string of the molecule is CCCCCCCCCCCCC(=O)[C@@H](O)[C@H](O)[C@H](O)[C@H](C)O. The fraction of sp³-hybridized carbons (Fsp3) is 0.944. The van der Waals surface area contributed by atoms with Crippen LogP contribution in [-0.2, 0) is 4.79 Å². The van der Waals surface area contributed by atoms with Gasteiger partial charge in [-0.25, -0.2) is 0 Å². The lowest BCUT2D eigenvalue weighted by molar-refractivity contribution is -0.143. The number of aliphatic hydroxyl groups excluding tert-OH is 4. The summed E-state index contributed by atoms with van der Waals surface area (Å²) in [5.74, 6) is -0.475. The molecule has 0 rings (SSSR count). The van der Waals surface area contributed by atoms with Crippen molar-refractivity contribution in [2.45, 2.75) is 109 Å². The number of hydrogen-bond donors (Lipinski definition) is 4. The topological polar surface area (TPSA) is 98.0 Å². The van der Waals surface area contributed by atoms with E-state index in [0.717, 1.165) is 12.8 Å². The molecule has 0 aromatic carbocycles. The van der Waals surface area contributed by atoms with E-state index in [1.54, 1.807) is 0 Å². The minimum atomic E-state index is -1.63. The van der Waals surface area contributed by atoms with Gasteiger partial charge >= 0.3 is 0 Å². The molecule has 0 saturated carbocycles. The van der Waals surface area contributed by atoms with Crippen molar-refractivity contribution in [1.82, 2.24) is 0 Å². The fourth-order valence-electron chi connectivity index (χ4n) is 2.60. The maximum absolute atomic E-state index is 11.7. The average Bonchev–Trinajstić information content (AvgIpc) is 2.54. The van der Waals surface area contributed by atoms with E-state index in [9.17, 15) is 20.1 Å². The molecule has 5 heteroatoms. The third-order valence-electron chi connectivity index (χ3n) is 4.27. The largest absolute Gasteiger partial charge is 0.391 e. The summed E-state index contributed by atoms with van der Waals surface area (Å²) in [6, 6.07) is 0. The zero-order valence-corrected chi connectivity index (χ0v) is 14.8. The fourth-order valence-corrected chi connectivity index (χ4v) is 2.60. The van der Waals surface area contributed by atoms with Crippen LogP contribution in [0.3, 0.4) is 0 Å². The van der Waals surface area contributed by atoms with Crippen LogP contribution in [0.1, 0.15) is 84.5 Å². The van der Waals surface area contributed by atoms with Crippen LogP contribution in [0, 0.1) is 0 Å². The van der Waals surface area contributed by atoms with E-state index in [4.69, 9.17) is 5.11 Å². The third-order valence-corrected chi connectivity index (χ3v) is 4.27. The molecular weight excluding hydrogens is 296 g/mol. The van der Waals surface area contributed by atoms with Crippen LogP contribution in [-0.4, -0.2) is 50.6 Å². The molecule has 0 aromatic heterocycles. The highest BCUT2D eigenvalue weighted by atomic mass is 16.4. The number of ketones is 1. The molecule has 0 aromatic rings. The average molecular weight is 332 g/mol. The second-order valence-corrected chi connectivity index (χ2v) is 6.56. The third kappa shape index (κ3) is 10.8. The van der Waals surface area contributed by atoms with Gasteiger partial charge in [0, 0.05) is 6.42 Å². The molecule has 0 bridgehead atoms. The maximum atomic E-state index is 11.7. The van der Waals surface area contributed by atoms with Crippen molar-refractivity contribution in [1.29, 1.82) is 0 Å². The van der Waals surface area contributed by atoms with E-state index in [-0.39, 0.29) is 6.42 Å². The number of rotatable bonds is 15. The molecule has 5 nitrogen and oxygen atoms in total. The first-order valence-corrected chi connectivity index (χ1v) is 9.16. The van der Waals surface area contributed by atoms with Gasteiger partial charge in [0.15, 0.2) is 5.78 Å². The van der Waals surface area contributed by atoms with E-state index in [2.05, 4.69) is 6.92 Å². The van der Waals surface area contributed by atoms with Crippen molar-refractivity contribution in [3.05, 3.63) is 0 Å². The number of carbonyl (C=O) groups excluding carboxylic acids is 1. The highest BCUT2D eigenvalue weighted by molar-refractivity contribution is 5.83. The van der Waals surface area contributed by atoms with Crippen molar-refractivity contribution in [2.75, 3.05) is 0 Å². The van der Waals surface area contributed by atoms with Crippen molar-refractivity contribution in [2.24, 2.45) is 0 Å². The van der Waals surface area contributed by atoms with Gasteiger partial charge in [0.25, 0.3) is 0 Å². The zero-order valence-electron chi connectivity index (χ0n) is 14.8. The number of aliphatic hydroxyl groups is 4. The van der Waals surface area contributed by atoms with Gasteiger partial charge in [0.05, 0.1) is 6.10 Å². The first-order valence-electron chi connectivity index (χ1n) is 9.16. The second-order valence-electron chi connectivity index (χ2n) is 6.56. The standard InChI is InChI=1S/C18H36O5/c1-3-4-5-6-7-8-9-10-11-12-13-15(20)17(22)18(23)16(21)14(2)19/h14,16-19,21-23H,3-13H2,1-2H3/t14-,16+,17+,18+/m0/s1. The van der Waals surface area contributed by atoms with Gasteiger partial charge in [-0.05, 0) is 13.3 Å². The summed E-state index contributed by atoms with van der Waals surface area (Å²) >= 11 is 0. The van der Waals surface area contributed by atoms with E-state index in [1.165, 1.54) is 51.9 Å². The summed E-state index contributed by atoms with van der Waals surface area (Å²) in [7, 11) is 0. The Morgan fingerprint density at radius 3 is 1.61 bits per heavy atom. The molecule has 0 fully saturated rings. The van der Waals surface area contributed by atoms with E-state index >= 15 is 0 Å². The molecule has 0 aliphatic rings. The lowest BCUT2D eigenvalue weighted by Gasteiger charge is -2.23. The predicted molar refractivity (Wildman–Crippen MR) is 91.2 cm³/mol. The molecule has 0 aliphatic heterocycles. The van der Waals surface area contributed by atoms with Crippen LogP contribution in [0.5, 0.6) is 0 Å². The summed E-state index contributed by atoms with van der Waals surface area (Å²) < 4.78 is 0. The van der Waals surface area contributed by atoms with Gasteiger partial charge in [0.1, 0.15) is 18.3 Å². The molecule has 0 spiro atoms. The van der Waals surface area contributed by atoms with Gasteiger partial charge in [-0.1, -0.05) is 64.7 Å². The van der Waals surface area contributed by atoms with Crippen LogP contribution in [0.4, 0.5) is 0 Å². The number of hydrogen-bond acceptors (Lipinski definition) is 5. The number of unbranched alkanes of at least 4 members (excludes halogenated alkanes) is 9. The summed E-state index contributed by atoms with van der Waals surface area (Å²) in [6.07, 6.45) is 5.83. The molecule has 23 heavy (non-hydrogen) atoms. The molecule has 138 valence electrons. The van der Waals surface area contributed by atoms with Crippen molar-refractivity contribution in [3.63, 3.8) is 0 Å². The van der Waals surface area contributed by atoms with Crippen LogP contribution < -0.4 is 0 Å². The molecule has 0 unspecified atom stereocenters. The smallest absolute Gasteiger partial charge is 0.164 e. The van der Waals surface area contributed by atoms with Gasteiger partial charge in [-0.3, -0.25) is 4.79 Å². The van der Waals surface area contributed by atoms with Crippen molar-refractivity contribution < 1.29 is 25.2 Å². The molecule has 0 heterocycles. The summed E-state index contributed by atoms with van der Waals surface area (Å²) in [4.78, 5) is 11.7. The lowest BCUT2D eigenvalue weighted by Crippen LogP contribution is -2.46. The monoisotopic (exact) mass is 332 g/mol. The van der Waals surface area contributed by atoms with Gasteiger partial charge in [-0.15, -0.1) is 0 Å². The van der Waals surface area contributed by atoms with Crippen molar-refractivity contribution >= 4 is 5.78 Å². The van der Waals surface area contributed by atoms with Gasteiger partial charge < -0.3 is 20.4 Å².